The predicted octanol–water partition coefficient (Wildman–Crippen LogP) is 4.01. The van der Waals surface area contributed by atoms with Crippen molar-refractivity contribution in [2.24, 2.45) is 11.7 Å². The van der Waals surface area contributed by atoms with Crippen molar-refractivity contribution in [2.45, 2.75) is 18.0 Å². The minimum Gasteiger partial charge on any atom is -0.369 e. The van der Waals surface area contributed by atoms with Crippen molar-refractivity contribution in [3.05, 3.63) is 65.8 Å². The summed E-state index contributed by atoms with van der Waals surface area (Å²) in [6.45, 7) is 1.12. The number of halogens is 1. The third kappa shape index (κ3) is 4.94. The van der Waals surface area contributed by atoms with Crippen molar-refractivity contribution in [1.82, 2.24) is 14.5 Å². The highest BCUT2D eigenvalue weighted by molar-refractivity contribution is 7.99. The van der Waals surface area contributed by atoms with E-state index in [1.807, 2.05) is 65.4 Å². The lowest BCUT2D eigenvalue weighted by atomic mass is 9.96. The molecule has 2 aromatic carbocycles. The Morgan fingerprint density at radius 3 is 2.52 bits per heavy atom. The summed E-state index contributed by atoms with van der Waals surface area (Å²) >= 11 is 7.64. The molecule has 0 unspecified atom stereocenters. The SMILES string of the molecule is NC(=O)C1CCN(C(=O)CSc2ncc(-c3ccccc3)n2-c2cccc(Cl)c2)CC1. The number of amides is 2. The molecule has 1 fully saturated rings. The Hall–Kier alpha value is -2.77. The lowest BCUT2D eigenvalue weighted by Gasteiger charge is -2.30. The summed E-state index contributed by atoms with van der Waals surface area (Å²) in [6, 6.07) is 17.6. The van der Waals surface area contributed by atoms with E-state index in [1.54, 1.807) is 4.90 Å². The number of carbonyl (C=O) groups is 2. The number of piperidine rings is 1. The summed E-state index contributed by atoms with van der Waals surface area (Å²) in [5, 5.41) is 1.36. The van der Waals surface area contributed by atoms with Gasteiger partial charge in [-0.2, -0.15) is 0 Å². The van der Waals surface area contributed by atoms with Gasteiger partial charge in [0.05, 0.1) is 17.6 Å². The molecule has 0 spiro atoms. The van der Waals surface area contributed by atoms with Crippen molar-refractivity contribution in [3.63, 3.8) is 0 Å². The Kier molecular flexibility index (Phi) is 6.63. The van der Waals surface area contributed by atoms with Crippen LogP contribution >= 0.6 is 23.4 Å². The molecule has 3 aromatic rings. The first-order chi connectivity index (χ1) is 15.0. The molecule has 2 amide bonds. The Labute approximate surface area is 190 Å². The molecule has 31 heavy (non-hydrogen) atoms. The van der Waals surface area contributed by atoms with Crippen molar-refractivity contribution in [1.29, 1.82) is 0 Å². The van der Waals surface area contributed by atoms with Gasteiger partial charge in [-0.25, -0.2) is 4.98 Å². The van der Waals surface area contributed by atoms with Gasteiger partial charge in [0.25, 0.3) is 0 Å². The zero-order valence-corrected chi connectivity index (χ0v) is 18.5. The van der Waals surface area contributed by atoms with Crippen LogP contribution in [0.5, 0.6) is 0 Å². The summed E-state index contributed by atoms with van der Waals surface area (Å²) in [5.74, 6) is -0.104. The van der Waals surface area contributed by atoms with Crippen molar-refractivity contribution >= 4 is 35.2 Å². The molecule has 4 rings (SSSR count). The Balaban J connectivity index is 1.54. The average molecular weight is 455 g/mol. The number of nitrogens with zero attached hydrogens (tertiary/aromatic N) is 3. The molecule has 1 aromatic heterocycles. The van der Waals surface area contributed by atoms with Gasteiger partial charge in [0.15, 0.2) is 5.16 Å². The third-order valence-electron chi connectivity index (χ3n) is 5.44. The lowest BCUT2D eigenvalue weighted by Crippen LogP contribution is -2.42. The zero-order valence-electron chi connectivity index (χ0n) is 16.9. The molecule has 2 heterocycles. The largest absolute Gasteiger partial charge is 0.369 e. The number of aromatic nitrogens is 2. The van der Waals surface area contributed by atoms with Crippen LogP contribution in [0.25, 0.3) is 16.9 Å². The van der Waals surface area contributed by atoms with Gasteiger partial charge >= 0.3 is 0 Å². The van der Waals surface area contributed by atoms with Crippen molar-refractivity contribution in [3.8, 4) is 16.9 Å². The first-order valence-electron chi connectivity index (χ1n) is 10.1. The van der Waals surface area contributed by atoms with Crippen molar-refractivity contribution in [2.75, 3.05) is 18.8 Å². The number of nitrogens with two attached hydrogens (primary N) is 1. The lowest BCUT2D eigenvalue weighted by molar-refractivity contribution is -0.132. The van der Waals surface area contributed by atoms with Crippen LogP contribution in [0.1, 0.15) is 12.8 Å². The topological polar surface area (TPSA) is 81.2 Å². The van der Waals surface area contributed by atoms with Gasteiger partial charge in [-0.15, -0.1) is 0 Å². The molecule has 0 saturated carbocycles. The Bertz CT molecular complexity index is 1080. The van der Waals surface area contributed by atoms with Crippen LogP contribution in [0.15, 0.2) is 66.0 Å². The molecule has 160 valence electrons. The van der Waals surface area contributed by atoms with Gasteiger partial charge in [0.1, 0.15) is 0 Å². The summed E-state index contributed by atoms with van der Waals surface area (Å²) in [7, 11) is 0. The molecule has 2 N–H and O–H groups in total. The summed E-state index contributed by atoms with van der Waals surface area (Å²) < 4.78 is 2.03. The highest BCUT2D eigenvalue weighted by Gasteiger charge is 2.26. The minimum absolute atomic E-state index is 0.0369. The van der Waals surface area contributed by atoms with E-state index < -0.39 is 0 Å². The van der Waals surface area contributed by atoms with E-state index in [0.717, 1.165) is 22.1 Å². The number of hydrogen-bond acceptors (Lipinski definition) is 4. The third-order valence-corrected chi connectivity index (χ3v) is 6.61. The second-order valence-corrected chi connectivity index (χ2v) is 8.83. The fraction of sp³-hybridized carbons (Fsp3) is 0.261. The monoisotopic (exact) mass is 454 g/mol. The van der Waals surface area contributed by atoms with E-state index in [-0.39, 0.29) is 23.5 Å². The number of rotatable bonds is 6. The van der Waals surface area contributed by atoms with Gasteiger partial charge < -0.3 is 10.6 Å². The van der Waals surface area contributed by atoms with Gasteiger partial charge in [-0.3, -0.25) is 14.2 Å². The molecule has 1 aliphatic rings. The fourth-order valence-electron chi connectivity index (χ4n) is 3.74. The van der Waals surface area contributed by atoms with Crippen LogP contribution in [0.2, 0.25) is 5.02 Å². The average Bonchev–Trinajstić information content (AvgIpc) is 3.22. The fourth-order valence-corrected chi connectivity index (χ4v) is 4.82. The van der Waals surface area contributed by atoms with E-state index in [4.69, 9.17) is 17.3 Å². The molecule has 0 bridgehead atoms. The van der Waals surface area contributed by atoms with E-state index in [1.165, 1.54) is 11.8 Å². The van der Waals surface area contributed by atoms with Crippen LogP contribution in [0, 0.1) is 5.92 Å². The molecule has 8 heteroatoms. The number of thioether (sulfide) groups is 1. The number of likely N-dealkylation sites (tertiary alicyclic amines) is 1. The van der Waals surface area contributed by atoms with Gasteiger partial charge in [-0.1, -0.05) is 59.8 Å². The van der Waals surface area contributed by atoms with Crippen LogP contribution in [0.4, 0.5) is 0 Å². The standard InChI is InChI=1S/C23H23ClN4O2S/c24-18-7-4-8-19(13-18)28-20(16-5-2-1-3-6-16)14-26-23(28)31-15-21(29)27-11-9-17(10-12-27)22(25)30/h1-8,13-14,17H,9-12,15H2,(H2,25,30). The van der Waals surface area contributed by atoms with E-state index in [2.05, 4.69) is 4.98 Å². The van der Waals surface area contributed by atoms with Crippen LogP contribution < -0.4 is 5.73 Å². The molecular formula is C23H23ClN4O2S. The summed E-state index contributed by atoms with van der Waals surface area (Å²) in [6.07, 6.45) is 3.07. The van der Waals surface area contributed by atoms with Crippen LogP contribution in [-0.4, -0.2) is 45.1 Å². The van der Waals surface area contributed by atoms with Crippen molar-refractivity contribution < 1.29 is 9.59 Å². The van der Waals surface area contributed by atoms with E-state index in [0.29, 0.717) is 31.0 Å². The first kappa shape index (κ1) is 21.5. The summed E-state index contributed by atoms with van der Waals surface area (Å²) in [4.78, 5) is 30.5. The number of benzene rings is 2. The number of primary amides is 1. The molecule has 1 aliphatic heterocycles. The van der Waals surface area contributed by atoms with Crippen LogP contribution in [-0.2, 0) is 9.59 Å². The number of hydrogen-bond donors (Lipinski definition) is 1. The number of carbonyl (C=O) groups excluding carboxylic acids is 2. The van der Waals surface area contributed by atoms with Gasteiger partial charge in [-0.05, 0) is 31.0 Å². The maximum absolute atomic E-state index is 12.8. The highest BCUT2D eigenvalue weighted by Crippen LogP contribution is 2.31. The number of imidazole rings is 1. The molecule has 0 radical (unpaired) electrons. The van der Waals surface area contributed by atoms with Crippen LogP contribution in [0.3, 0.4) is 0 Å². The van der Waals surface area contributed by atoms with E-state index in [9.17, 15) is 9.59 Å². The zero-order chi connectivity index (χ0) is 21.8. The highest BCUT2D eigenvalue weighted by atomic mass is 35.5. The Morgan fingerprint density at radius 1 is 1.10 bits per heavy atom. The summed E-state index contributed by atoms with van der Waals surface area (Å²) in [5.41, 5.74) is 8.24. The second-order valence-electron chi connectivity index (χ2n) is 7.45. The first-order valence-corrected chi connectivity index (χ1v) is 11.5. The molecule has 6 nitrogen and oxygen atoms in total. The minimum atomic E-state index is -0.279. The normalized spacial score (nSPS) is 14.5. The maximum Gasteiger partial charge on any atom is 0.233 e. The van der Waals surface area contributed by atoms with Gasteiger partial charge in [0, 0.05) is 35.3 Å². The molecule has 0 aliphatic carbocycles. The smallest absolute Gasteiger partial charge is 0.233 e. The Morgan fingerprint density at radius 2 is 1.84 bits per heavy atom. The second kappa shape index (κ2) is 9.58. The molecular weight excluding hydrogens is 432 g/mol. The van der Waals surface area contributed by atoms with Gasteiger partial charge in [0.2, 0.25) is 11.8 Å². The predicted molar refractivity (Wildman–Crippen MR) is 123 cm³/mol. The molecule has 0 atom stereocenters. The molecule has 1 saturated heterocycles. The van der Waals surface area contributed by atoms with E-state index >= 15 is 0 Å². The quantitative estimate of drug-likeness (QED) is 0.570. The maximum atomic E-state index is 12.8.